The Morgan fingerprint density at radius 3 is 2.41 bits per heavy atom. The van der Waals surface area contributed by atoms with E-state index in [1.165, 1.54) is 11.8 Å². The normalized spacial score (nSPS) is 12.0. The fourth-order valence-corrected chi connectivity index (χ4v) is 3.30. The maximum Gasteiger partial charge on any atom is 0.237 e. The Labute approximate surface area is 149 Å². The van der Waals surface area contributed by atoms with Crippen LogP contribution in [-0.4, -0.2) is 11.2 Å². The van der Waals surface area contributed by atoms with Crippen LogP contribution in [0.25, 0.3) is 0 Å². The first kappa shape index (κ1) is 17.5. The summed E-state index contributed by atoms with van der Waals surface area (Å²) in [4.78, 5) is 12.2. The first-order valence-electron chi connectivity index (χ1n) is 6.58. The molecule has 0 saturated heterocycles. The number of thioether (sulfide) groups is 1. The molecule has 1 atom stereocenters. The SMILES string of the molecule is C[C@H](SCc1cccc(Cl)c1)C(=O)Nc1c(Cl)cccc1Cl. The van der Waals surface area contributed by atoms with Crippen molar-refractivity contribution in [2.75, 3.05) is 5.32 Å². The number of amides is 1. The number of benzene rings is 2. The highest BCUT2D eigenvalue weighted by atomic mass is 35.5. The van der Waals surface area contributed by atoms with Gasteiger partial charge in [-0.25, -0.2) is 0 Å². The van der Waals surface area contributed by atoms with Crippen molar-refractivity contribution in [1.29, 1.82) is 0 Å². The zero-order valence-corrected chi connectivity index (χ0v) is 14.9. The van der Waals surface area contributed by atoms with Crippen LogP contribution >= 0.6 is 46.6 Å². The van der Waals surface area contributed by atoms with Gasteiger partial charge in [-0.1, -0.05) is 53.0 Å². The van der Waals surface area contributed by atoms with Gasteiger partial charge in [0.05, 0.1) is 21.0 Å². The Morgan fingerprint density at radius 2 is 1.77 bits per heavy atom. The van der Waals surface area contributed by atoms with E-state index in [1.807, 2.05) is 31.2 Å². The van der Waals surface area contributed by atoms with E-state index in [1.54, 1.807) is 18.2 Å². The third-order valence-electron chi connectivity index (χ3n) is 2.97. The van der Waals surface area contributed by atoms with Crippen LogP contribution in [-0.2, 0) is 10.5 Å². The van der Waals surface area contributed by atoms with E-state index in [2.05, 4.69) is 5.32 Å². The van der Waals surface area contributed by atoms with Crippen LogP contribution in [0, 0.1) is 0 Å². The van der Waals surface area contributed by atoms with Crippen LogP contribution in [0.1, 0.15) is 12.5 Å². The van der Waals surface area contributed by atoms with E-state index in [-0.39, 0.29) is 11.2 Å². The highest BCUT2D eigenvalue weighted by Crippen LogP contribution is 2.30. The van der Waals surface area contributed by atoms with E-state index in [9.17, 15) is 4.79 Å². The van der Waals surface area contributed by atoms with E-state index in [0.717, 1.165) is 5.56 Å². The number of halogens is 3. The number of nitrogens with one attached hydrogen (secondary N) is 1. The lowest BCUT2D eigenvalue weighted by Crippen LogP contribution is -2.23. The van der Waals surface area contributed by atoms with Gasteiger partial charge in [-0.05, 0) is 36.8 Å². The molecule has 0 aliphatic carbocycles. The molecule has 1 amide bonds. The molecule has 0 radical (unpaired) electrons. The first-order valence-corrected chi connectivity index (χ1v) is 8.76. The van der Waals surface area contributed by atoms with Gasteiger partial charge in [0, 0.05) is 10.8 Å². The summed E-state index contributed by atoms with van der Waals surface area (Å²) in [5, 5.41) is 4.07. The van der Waals surface area contributed by atoms with Gasteiger partial charge in [-0.15, -0.1) is 11.8 Å². The molecule has 2 rings (SSSR count). The molecule has 0 fully saturated rings. The van der Waals surface area contributed by atoms with Crippen LogP contribution in [0.2, 0.25) is 15.1 Å². The van der Waals surface area contributed by atoms with Gasteiger partial charge in [0.15, 0.2) is 0 Å². The van der Waals surface area contributed by atoms with E-state index in [4.69, 9.17) is 34.8 Å². The highest BCUT2D eigenvalue weighted by molar-refractivity contribution is 7.99. The van der Waals surface area contributed by atoms with Crippen molar-refractivity contribution in [2.45, 2.75) is 17.9 Å². The van der Waals surface area contributed by atoms with E-state index in [0.29, 0.717) is 26.5 Å². The number of hydrogen-bond acceptors (Lipinski definition) is 2. The fraction of sp³-hybridized carbons (Fsp3) is 0.188. The molecule has 1 N–H and O–H groups in total. The van der Waals surface area contributed by atoms with E-state index < -0.39 is 0 Å². The number of carbonyl (C=O) groups is 1. The predicted octanol–water partition coefficient (Wildman–Crippen LogP) is 5.91. The second-order valence-electron chi connectivity index (χ2n) is 4.67. The summed E-state index contributed by atoms with van der Waals surface area (Å²) in [7, 11) is 0. The summed E-state index contributed by atoms with van der Waals surface area (Å²) < 4.78 is 0. The Morgan fingerprint density at radius 1 is 1.14 bits per heavy atom. The molecule has 0 spiro atoms. The number of hydrogen-bond donors (Lipinski definition) is 1. The van der Waals surface area contributed by atoms with Gasteiger partial charge in [0.1, 0.15) is 0 Å². The zero-order valence-electron chi connectivity index (χ0n) is 11.8. The lowest BCUT2D eigenvalue weighted by Gasteiger charge is -2.14. The number of para-hydroxylation sites is 1. The Bertz CT molecular complexity index is 658. The van der Waals surface area contributed by atoms with Gasteiger partial charge < -0.3 is 5.32 Å². The molecule has 2 nitrogen and oxygen atoms in total. The Kier molecular flexibility index (Phi) is 6.45. The molecule has 0 heterocycles. The summed E-state index contributed by atoms with van der Waals surface area (Å²) in [6.45, 7) is 1.84. The molecule has 0 unspecified atom stereocenters. The molecule has 22 heavy (non-hydrogen) atoms. The van der Waals surface area contributed by atoms with Crippen molar-refractivity contribution in [3.63, 3.8) is 0 Å². The average Bonchev–Trinajstić information content (AvgIpc) is 2.48. The largest absolute Gasteiger partial charge is 0.323 e. The first-order chi connectivity index (χ1) is 10.5. The van der Waals surface area contributed by atoms with Gasteiger partial charge >= 0.3 is 0 Å². The second kappa shape index (κ2) is 8.11. The number of rotatable bonds is 5. The molecule has 0 saturated carbocycles. The minimum absolute atomic E-state index is 0.137. The lowest BCUT2D eigenvalue weighted by atomic mass is 10.2. The van der Waals surface area contributed by atoms with Gasteiger partial charge in [0.25, 0.3) is 0 Å². The van der Waals surface area contributed by atoms with Gasteiger partial charge in [-0.3, -0.25) is 4.79 Å². The van der Waals surface area contributed by atoms with Gasteiger partial charge in [0.2, 0.25) is 5.91 Å². The molecule has 0 aliphatic rings. The van der Waals surface area contributed by atoms with Crippen molar-refractivity contribution in [2.24, 2.45) is 0 Å². The summed E-state index contributed by atoms with van der Waals surface area (Å²) in [5.41, 5.74) is 1.53. The number of anilines is 1. The predicted molar refractivity (Wildman–Crippen MR) is 97.3 cm³/mol. The molecule has 6 heteroatoms. The third-order valence-corrected chi connectivity index (χ3v) is 5.05. The fourth-order valence-electron chi connectivity index (χ4n) is 1.77. The molecule has 0 aromatic heterocycles. The third kappa shape index (κ3) is 4.82. The van der Waals surface area contributed by atoms with Crippen molar-refractivity contribution in [3.8, 4) is 0 Å². The average molecular weight is 375 g/mol. The minimum atomic E-state index is -0.244. The Balaban J connectivity index is 1.95. The standard InChI is InChI=1S/C16H14Cl3NOS/c1-10(22-9-11-4-2-5-12(17)8-11)16(21)20-15-13(18)6-3-7-14(15)19/h2-8,10H,9H2,1H3,(H,20,21)/t10-/m0/s1. The molecule has 0 aliphatic heterocycles. The molecular formula is C16H14Cl3NOS. The van der Waals surface area contributed by atoms with Crippen molar-refractivity contribution >= 4 is 58.2 Å². The van der Waals surface area contributed by atoms with Crippen LogP contribution in [0.15, 0.2) is 42.5 Å². The maximum absolute atomic E-state index is 12.2. The summed E-state index contributed by atoms with van der Waals surface area (Å²) in [5.74, 6) is 0.563. The van der Waals surface area contributed by atoms with Crippen molar-refractivity contribution in [3.05, 3.63) is 63.1 Å². The summed E-state index contributed by atoms with van der Waals surface area (Å²) in [6, 6.07) is 12.7. The van der Waals surface area contributed by atoms with E-state index >= 15 is 0 Å². The Hall–Kier alpha value is -0.870. The highest BCUT2D eigenvalue weighted by Gasteiger charge is 2.16. The number of carbonyl (C=O) groups excluding carboxylic acids is 1. The van der Waals surface area contributed by atoms with Crippen molar-refractivity contribution in [1.82, 2.24) is 0 Å². The van der Waals surface area contributed by atoms with Crippen LogP contribution in [0.5, 0.6) is 0 Å². The molecular weight excluding hydrogens is 361 g/mol. The van der Waals surface area contributed by atoms with Crippen LogP contribution in [0.3, 0.4) is 0 Å². The monoisotopic (exact) mass is 373 g/mol. The lowest BCUT2D eigenvalue weighted by molar-refractivity contribution is -0.115. The molecule has 2 aromatic carbocycles. The van der Waals surface area contributed by atoms with Crippen molar-refractivity contribution < 1.29 is 4.79 Å². The van der Waals surface area contributed by atoms with Crippen LogP contribution in [0.4, 0.5) is 5.69 Å². The maximum atomic E-state index is 12.2. The quantitative estimate of drug-likeness (QED) is 0.705. The van der Waals surface area contributed by atoms with Gasteiger partial charge in [-0.2, -0.15) is 0 Å². The molecule has 0 bridgehead atoms. The van der Waals surface area contributed by atoms with Crippen LogP contribution < -0.4 is 5.32 Å². The molecule has 2 aromatic rings. The smallest absolute Gasteiger partial charge is 0.237 e. The second-order valence-corrected chi connectivity index (χ2v) is 7.25. The minimum Gasteiger partial charge on any atom is -0.323 e. The zero-order chi connectivity index (χ0) is 16.1. The summed E-state index contributed by atoms with van der Waals surface area (Å²) in [6.07, 6.45) is 0. The molecule has 116 valence electrons. The topological polar surface area (TPSA) is 29.1 Å². The summed E-state index contributed by atoms with van der Waals surface area (Å²) >= 11 is 19.6.